The summed E-state index contributed by atoms with van der Waals surface area (Å²) in [6, 6.07) is 2.01. The molecule has 0 bridgehead atoms. The van der Waals surface area contributed by atoms with E-state index in [4.69, 9.17) is 11.6 Å². The van der Waals surface area contributed by atoms with E-state index in [2.05, 4.69) is 29.7 Å². The predicted octanol–water partition coefficient (Wildman–Crippen LogP) is 1.56. The van der Waals surface area contributed by atoms with Crippen molar-refractivity contribution < 1.29 is 0 Å². The summed E-state index contributed by atoms with van der Waals surface area (Å²) in [6.45, 7) is 5.49. The molecule has 104 valence electrons. The molecule has 0 amide bonds. The van der Waals surface area contributed by atoms with Crippen molar-refractivity contribution in [1.82, 2.24) is 19.9 Å². The van der Waals surface area contributed by atoms with Crippen molar-refractivity contribution in [2.75, 3.05) is 36.0 Å². The fourth-order valence-corrected chi connectivity index (χ4v) is 2.32. The summed E-state index contributed by atoms with van der Waals surface area (Å²) in [5.41, 5.74) is 0.985. The lowest BCUT2D eigenvalue weighted by Crippen LogP contribution is -2.47. The summed E-state index contributed by atoms with van der Waals surface area (Å²) in [4.78, 5) is 21.4. The van der Waals surface area contributed by atoms with E-state index in [0.29, 0.717) is 5.02 Å². The zero-order valence-electron chi connectivity index (χ0n) is 11.2. The Morgan fingerprint density at radius 2 is 1.60 bits per heavy atom. The summed E-state index contributed by atoms with van der Waals surface area (Å²) in [5, 5.41) is 0.559. The zero-order chi connectivity index (χ0) is 13.9. The third-order valence-corrected chi connectivity index (χ3v) is 3.48. The second-order valence-corrected chi connectivity index (χ2v) is 5.13. The number of aromatic nitrogens is 4. The molecule has 0 aliphatic carbocycles. The zero-order valence-corrected chi connectivity index (χ0v) is 12.0. The monoisotopic (exact) mass is 290 g/mol. The quantitative estimate of drug-likeness (QED) is 0.836. The fraction of sp³-hybridized carbons (Fsp3) is 0.385. The third-order valence-electron chi connectivity index (χ3n) is 3.28. The SMILES string of the molecule is Cc1cc(N2CCN(c3ncc(Cl)cn3)CC2)ncn1. The van der Waals surface area contributed by atoms with Gasteiger partial charge in [-0.3, -0.25) is 0 Å². The van der Waals surface area contributed by atoms with Crippen LogP contribution in [0.25, 0.3) is 0 Å². The van der Waals surface area contributed by atoms with Crippen LogP contribution in [-0.2, 0) is 0 Å². The molecule has 0 spiro atoms. The smallest absolute Gasteiger partial charge is 0.225 e. The van der Waals surface area contributed by atoms with Crippen LogP contribution in [0.2, 0.25) is 5.02 Å². The van der Waals surface area contributed by atoms with E-state index in [0.717, 1.165) is 43.6 Å². The Bertz CT molecular complexity index is 580. The highest BCUT2D eigenvalue weighted by Gasteiger charge is 2.19. The third kappa shape index (κ3) is 2.80. The molecule has 0 radical (unpaired) electrons. The molecule has 0 unspecified atom stereocenters. The maximum atomic E-state index is 5.80. The lowest BCUT2D eigenvalue weighted by molar-refractivity contribution is 0.633. The topological polar surface area (TPSA) is 58.0 Å². The number of hydrogen-bond acceptors (Lipinski definition) is 6. The molecule has 20 heavy (non-hydrogen) atoms. The van der Waals surface area contributed by atoms with Gasteiger partial charge in [-0.2, -0.15) is 0 Å². The minimum absolute atomic E-state index is 0.559. The molecule has 0 aromatic carbocycles. The number of anilines is 2. The van der Waals surface area contributed by atoms with E-state index in [9.17, 15) is 0 Å². The molecule has 1 aliphatic rings. The number of aryl methyl sites for hydroxylation is 1. The second kappa shape index (κ2) is 5.58. The molecule has 2 aromatic heterocycles. The van der Waals surface area contributed by atoms with Crippen molar-refractivity contribution in [3.63, 3.8) is 0 Å². The van der Waals surface area contributed by atoms with Gasteiger partial charge in [-0.1, -0.05) is 11.6 Å². The number of piperazine rings is 1. The lowest BCUT2D eigenvalue weighted by Gasteiger charge is -2.35. The Labute approximate surface area is 122 Å². The molecular formula is C13H15ClN6. The largest absolute Gasteiger partial charge is 0.353 e. The van der Waals surface area contributed by atoms with Gasteiger partial charge in [0, 0.05) is 37.9 Å². The first-order valence-electron chi connectivity index (χ1n) is 6.48. The predicted molar refractivity (Wildman–Crippen MR) is 78.2 cm³/mol. The molecule has 1 fully saturated rings. The lowest BCUT2D eigenvalue weighted by atomic mass is 10.3. The van der Waals surface area contributed by atoms with Crippen LogP contribution in [0.5, 0.6) is 0 Å². The van der Waals surface area contributed by atoms with Gasteiger partial charge in [-0.15, -0.1) is 0 Å². The van der Waals surface area contributed by atoms with Crippen molar-refractivity contribution in [2.24, 2.45) is 0 Å². The van der Waals surface area contributed by atoms with E-state index < -0.39 is 0 Å². The van der Waals surface area contributed by atoms with Gasteiger partial charge in [0.2, 0.25) is 5.95 Å². The number of hydrogen-bond donors (Lipinski definition) is 0. The Kier molecular flexibility index (Phi) is 3.64. The van der Waals surface area contributed by atoms with E-state index in [1.807, 2.05) is 13.0 Å². The number of nitrogens with zero attached hydrogens (tertiary/aromatic N) is 6. The van der Waals surface area contributed by atoms with Crippen molar-refractivity contribution in [1.29, 1.82) is 0 Å². The Morgan fingerprint density at radius 1 is 0.950 bits per heavy atom. The van der Waals surface area contributed by atoms with Gasteiger partial charge in [0.05, 0.1) is 17.4 Å². The first-order valence-corrected chi connectivity index (χ1v) is 6.86. The fourth-order valence-electron chi connectivity index (χ4n) is 2.22. The number of rotatable bonds is 2. The molecule has 1 saturated heterocycles. The minimum atomic E-state index is 0.559. The normalized spacial score (nSPS) is 15.5. The Balaban J connectivity index is 1.66. The minimum Gasteiger partial charge on any atom is -0.353 e. The van der Waals surface area contributed by atoms with E-state index >= 15 is 0 Å². The highest BCUT2D eigenvalue weighted by atomic mass is 35.5. The summed E-state index contributed by atoms with van der Waals surface area (Å²) in [7, 11) is 0. The van der Waals surface area contributed by atoms with E-state index in [1.165, 1.54) is 0 Å². The average molecular weight is 291 g/mol. The summed E-state index contributed by atoms with van der Waals surface area (Å²) >= 11 is 5.80. The van der Waals surface area contributed by atoms with Crippen molar-refractivity contribution in [2.45, 2.75) is 6.92 Å². The van der Waals surface area contributed by atoms with Crippen molar-refractivity contribution >= 4 is 23.4 Å². The average Bonchev–Trinajstić information content (AvgIpc) is 2.48. The highest BCUT2D eigenvalue weighted by molar-refractivity contribution is 6.30. The Morgan fingerprint density at radius 3 is 2.25 bits per heavy atom. The molecule has 7 heteroatoms. The molecule has 6 nitrogen and oxygen atoms in total. The first kappa shape index (κ1) is 13.1. The summed E-state index contributed by atoms with van der Waals surface area (Å²) in [6.07, 6.45) is 4.87. The standard InChI is InChI=1S/C13H15ClN6/c1-10-6-12(18-9-17-10)19-2-4-20(5-3-19)13-15-7-11(14)8-16-13/h6-9H,2-5H2,1H3. The molecule has 3 heterocycles. The van der Waals surface area contributed by atoms with Gasteiger partial charge in [0.1, 0.15) is 12.1 Å². The highest BCUT2D eigenvalue weighted by Crippen LogP contribution is 2.17. The number of halogens is 1. The van der Waals surface area contributed by atoms with Crippen LogP contribution in [0.3, 0.4) is 0 Å². The molecule has 3 rings (SSSR count). The van der Waals surface area contributed by atoms with E-state index in [1.54, 1.807) is 18.7 Å². The van der Waals surface area contributed by atoms with Crippen LogP contribution in [0, 0.1) is 6.92 Å². The summed E-state index contributed by atoms with van der Waals surface area (Å²) in [5.74, 6) is 1.71. The van der Waals surface area contributed by atoms with Gasteiger partial charge >= 0.3 is 0 Å². The molecule has 2 aromatic rings. The van der Waals surface area contributed by atoms with Gasteiger partial charge < -0.3 is 9.80 Å². The van der Waals surface area contributed by atoms with E-state index in [-0.39, 0.29) is 0 Å². The van der Waals surface area contributed by atoms with Gasteiger partial charge in [-0.05, 0) is 6.92 Å². The van der Waals surface area contributed by atoms with Crippen LogP contribution in [0.4, 0.5) is 11.8 Å². The molecule has 1 aliphatic heterocycles. The van der Waals surface area contributed by atoms with Crippen molar-refractivity contribution in [3.8, 4) is 0 Å². The van der Waals surface area contributed by atoms with Crippen LogP contribution in [0.15, 0.2) is 24.8 Å². The van der Waals surface area contributed by atoms with Crippen LogP contribution < -0.4 is 9.80 Å². The molecule has 0 atom stereocenters. The van der Waals surface area contributed by atoms with Gasteiger partial charge in [0.25, 0.3) is 0 Å². The van der Waals surface area contributed by atoms with Crippen LogP contribution in [-0.4, -0.2) is 46.1 Å². The summed E-state index contributed by atoms with van der Waals surface area (Å²) < 4.78 is 0. The van der Waals surface area contributed by atoms with Crippen molar-refractivity contribution in [3.05, 3.63) is 35.5 Å². The van der Waals surface area contributed by atoms with Crippen LogP contribution in [0.1, 0.15) is 5.69 Å². The van der Waals surface area contributed by atoms with Gasteiger partial charge in [0.15, 0.2) is 0 Å². The van der Waals surface area contributed by atoms with Crippen LogP contribution >= 0.6 is 11.6 Å². The molecule has 0 saturated carbocycles. The first-order chi connectivity index (χ1) is 9.72. The molecular weight excluding hydrogens is 276 g/mol. The van der Waals surface area contributed by atoms with Gasteiger partial charge in [-0.25, -0.2) is 19.9 Å². The second-order valence-electron chi connectivity index (χ2n) is 4.69. The Hall–Kier alpha value is -1.95. The maximum Gasteiger partial charge on any atom is 0.225 e. The maximum absolute atomic E-state index is 5.80. The molecule has 0 N–H and O–H groups in total.